The highest BCUT2D eigenvalue weighted by Gasteiger charge is 2.07. The highest BCUT2D eigenvalue weighted by molar-refractivity contribution is 5.74. The molecule has 96 valence electrons. The first-order valence-corrected chi connectivity index (χ1v) is 5.44. The van der Waals surface area contributed by atoms with Gasteiger partial charge in [-0.3, -0.25) is 0 Å². The minimum Gasteiger partial charge on any atom is -0.383 e. The maximum atomic E-state index is 11.4. The standard InChI is InChI=1S/C10H18N4O3/c1-7(6-16-3)12-10(15)11-5-4-9-13-8(2)14-17-9/h7H,4-6H2,1-3H3,(H2,11,12,15). The number of carbonyl (C=O) groups excluding carboxylic acids is 1. The van der Waals surface area contributed by atoms with Crippen molar-refractivity contribution < 1.29 is 14.1 Å². The summed E-state index contributed by atoms with van der Waals surface area (Å²) in [5.74, 6) is 1.12. The molecule has 7 nitrogen and oxygen atoms in total. The average Bonchev–Trinajstić information content (AvgIpc) is 2.64. The van der Waals surface area contributed by atoms with Crippen LogP contribution in [-0.2, 0) is 11.2 Å². The molecule has 0 aliphatic carbocycles. The van der Waals surface area contributed by atoms with E-state index in [9.17, 15) is 4.79 Å². The molecule has 1 unspecified atom stereocenters. The van der Waals surface area contributed by atoms with Gasteiger partial charge in [0.2, 0.25) is 5.89 Å². The number of hydrogen-bond acceptors (Lipinski definition) is 5. The van der Waals surface area contributed by atoms with Crippen LogP contribution in [0.5, 0.6) is 0 Å². The first-order chi connectivity index (χ1) is 8.11. The number of methoxy groups -OCH3 is 1. The molecule has 1 atom stereocenters. The van der Waals surface area contributed by atoms with Gasteiger partial charge in [0.25, 0.3) is 0 Å². The van der Waals surface area contributed by atoms with Gasteiger partial charge in [0.15, 0.2) is 5.82 Å². The van der Waals surface area contributed by atoms with Crippen molar-refractivity contribution in [3.8, 4) is 0 Å². The van der Waals surface area contributed by atoms with Crippen LogP contribution in [0.15, 0.2) is 4.52 Å². The van der Waals surface area contributed by atoms with Gasteiger partial charge in [-0.25, -0.2) is 4.79 Å². The molecule has 1 heterocycles. The summed E-state index contributed by atoms with van der Waals surface area (Å²) >= 11 is 0. The zero-order valence-electron chi connectivity index (χ0n) is 10.3. The topological polar surface area (TPSA) is 89.3 Å². The van der Waals surface area contributed by atoms with E-state index in [1.54, 1.807) is 14.0 Å². The fourth-order valence-electron chi connectivity index (χ4n) is 1.29. The van der Waals surface area contributed by atoms with Gasteiger partial charge in [-0.2, -0.15) is 4.98 Å². The van der Waals surface area contributed by atoms with E-state index in [2.05, 4.69) is 20.8 Å². The van der Waals surface area contributed by atoms with E-state index < -0.39 is 0 Å². The fraction of sp³-hybridized carbons (Fsp3) is 0.700. The van der Waals surface area contributed by atoms with Gasteiger partial charge in [0.05, 0.1) is 12.6 Å². The Labute approximate surface area is 99.9 Å². The van der Waals surface area contributed by atoms with Gasteiger partial charge >= 0.3 is 6.03 Å². The van der Waals surface area contributed by atoms with E-state index in [1.165, 1.54) is 0 Å². The molecule has 0 spiro atoms. The molecule has 2 N–H and O–H groups in total. The number of aryl methyl sites for hydroxylation is 1. The van der Waals surface area contributed by atoms with E-state index >= 15 is 0 Å². The SMILES string of the molecule is COCC(C)NC(=O)NCCc1nc(C)no1. The van der Waals surface area contributed by atoms with Gasteiger partial charge in [0.1, 0.15) is 0 Å². The highest BCUT2D eigenvalue weighted by atomic mass is 16.5. The number of carbonyl (C=O) groups is 1. The molecule has 0 bridgehead atoms. The molecule has 0 aromatic carbocycles. The van der Waals surface area contributed by atoms with E-state index in [0.717, 1.165) is 0 Å². The highest BCUT2D eigenvalue weighted by Crippen LogP contribution is 1.95. The largest absolute Gasteiger partial charge is 0.383 e. The summed E-state index contributed by atoms with van der Waals surface area (Å²) in [6, 6.07) is -0.253. The summed E-state index contributed by atoms with van der Waals surface area (Å²) in [5.41, 5.74) is 0. The molecule has 1 aromatic rings. The third kappa shape index (κ3) is 5.30. The van der Waals surface area contributed by atoms with Gasteiger partial charge < -0.3 is 19.9 Å². The Bertz CT molecular complexity index is 353. The van der Waals surface area contributed by atoms with Crippen molar-refractivity contribution in [3.05, 3.63) is 11.7 Å². The van der Waals surface area contributed by atoms with Crippen molar-refractivity contribution in [2.45, 2.75) is 26.3 Å². The number of nitrogens with zero attached hydrogens (tertiary/aromatic N) is 2. The average molecular weight is 242 g/mol. The lowest BCUT2D eigenvalue weighted by Gasteiger charge is -2.12. The van der Waals surface area contributed by atoms with Crippen LogP contribution in [0.1, 0.15) is 18.6 Å². The summed E-state index contributed by atoms with van der Waals surface area (Å²) in [4.78, 5) is 15.4. The minimum absolute atomic E-state index is 0.0225. The van der Waals surface area contributed by atoms with Crippen LogP contribution in [0.2, 0.25) is 0 Å². The van der Waals surface area contributed by atoms with Crippen LogP contribution >= 0.6 is 0 Å². The van der Waals surface area contributed by atoms with Gasteiger partial charge in [-0.15, -0.1) is 0 Å². The summed E-state index contributed by atoms with van der Waals surface area (Å²) < 4.78 is 9.82. The van der Waals surface area contributed by atoms with Crippen LogP contribution < -0.4 is 10.6 Å². The number of urea groups is 1. The maximum Gasteiger partial charge on any atom is 0.315 e. The Kier molecular flexibility index (Phi) is 5.41. The van der Waals surface area contributed by atoms with Crippen LogP contribution in [0.4, 0.5) is 4.79 Å². The fourth-order valence-corrected chi connectivity index (χ4v) is 1.29. The zero-order chi connectivity index (χ0) is 12.7. The predicted octanol–water partition coefficient (Wildman–Crippen LogP) is 0.255. The molecular formula is C10H18N4O3. The summed E-state index contributed by atoms with van der Waals surface area (Å²) in [7, 11) is 1.59. The smallest absolute Gasteiger partial charge is 0.315 e. The van der Waals surface area contributed by atoms with E-state index in [1.807, 2.05) is 6.92 Å². The third-order valence-electron chi connectivity index (χ3n) is 1.99. The van der Waals surface area contributed by atoms with Crippen LogP contribution in [0.3, 0.4) is 0 Å². The molecule has 0 aliphatic heterocycles. The Hall–Kier alpha value is -1.63. The second-order valence-corrected chi connectivity index (χ2v) is 3.74. The number of nitrogens with one attached hydrogen (secondary N) is 2. The summed E-state index contributed by atoms with van der Waals surface area (Å²) in [6.45, 7) is 4.55. The van der Waals surface area contributed by atoms with E-state index in [4.69, 9.17) is 9.26 Å². The van der Waals surface area contributed by atoms with Crippen molar-refractivity contribution in [3.63, 3.8) is 0 Å². The number of rotatable bonds is 6. The van der Waals surface area contributed by atoms with Gasteiger partial charge in [-0.05, 0) is 13.8 Å². The van der Waals surface area contributed by atoms with Crippen molar-refractivity contribution in [1.82, 2.24) is 20.8 Å². The monoisotopic (exact) mass is 242 g/mol. The second kappa shape index (κ2) is 6.85. The number of ether oxygens (including phenoxy) is 1. The molecule has 1 aromatic heterocycles. The number of amides is 2. The molecule has 0 fully saturated rings. The molecular weight excluding hydrogens is 224 g/mol. The molecule has 2 amide bonds. The van der Waals surface area contributed by atoms with Crippen molar-refractivity contribution in [1.29, 1.82) is 0 Å². The van der Waals surface area contributed by atoms with Crippen molar-refractivity contribution in [2.75, 3.05) is 20.3 Å². The zero-order valence-corrected chi connectivity index (χ0v) is 10.3. The Balaban J connectivity index is 2.16. The van der Waals surface area contributed by atoms with Crippen molar-refractivity contribution in [2.24, 2.45) is 0 Å². The molecule has 0 radical (unpaired) electrons. The van der Waals surface area contributed by atoms with Crippen LogP contribution in [0, 0.1) is 6.92 Å². The Morgan fingerprint density at radius 2 is 2.35 bits per heavy atom. The van der Waals surface area contributed by atoms with Gasteiger partial charge in [0, 0.05) is 20.1 Å². The lowest BCUT2D eigenvalue weighted by molar-refractivity contribution is 0.171. The number of aromatic nitrogens is 2. The third-order valence-corrected chi connectivity index (χ3v) is 1.99. The lowest BCUT2D eigenvalue weighted by atomic mass is 10.4. The molecule has 0 saturated carbocycles. The summed E-state index contributed by atoms with van der Waals surface area (Å²) in [5, 5.41) is 9.08. The van der Waals surface area contributed by atoms with Gasteiger partial charge in [-0.1, -0.05) is 5.16 Å². The maximum absolute atomic E-state index is 11.4. The van der Waals surface area contributed by atoms with Crippen LogP contribution in [-0.4, -0.2) is 42.5 Å². The first-order valence-electron chi connectivity index (χ1n) is 5.44. The Morgan fingerprint density at radius 1 is 1.59 bits per heavy atom. The number of hydrogen-bond donors (Lipinski definition) is 2. The molecule has 17 heavy (non-hydrogen) atoms. The molecule has 0 aliphatic rings. The lowest BCUT2D eigenvalue weighted by Crippen LogP contribution is -2.43. The summed E-state index contributed by atoms with van der Waals surface area (Å²) in [6.07, 6.45) is 0.521. The quantitative estimate of drug-likeness (QED) is 0.746. The molecule has 7 heteroatoms. The minimum atomic E-state index is -0.231. The second-order valence-electron chi connectivity index (χ2n) is 3.74. The van der Waals surface area contributed by atoms with E-state index in [0.29, 0.717) is 31.3 Å². The van der Waals surface area contributed by atoms with E-state index in [-0.39, 0.29) is 12.1 Å². The van der Waals surface area contributed by atoms with Crippen LogP contribution in [0.25, 0.3) is 0 Å². The Morgan fingerprint density at radius 3 is 2.94 bits per heavy atom. The molecule has 0 saturated heterocycles. The first kappa shape index (κ1) is 13.4. The predicted molar refractivity (Wildman–Crippen MR) is 60.6 cm³/mol. The normalized spacial score (nSPS) is 12.2. The molecule has 1 rings (SSSR count). The van der Waals surface area contributed by atoms with Crippen molar-refractivity contribution >= 4 is 6.03 Å².